The van der Waals surface area contributed by atoms with Gasteiger partial charge in [0.15, 0.2) is 5.78 Å². The Balaban J connectivity index is 0.00000324. The number of carbonyl (C=O) groups is 1. The van der Waals surface area contributed by atoms with Gasteiger partial charge in [-0.3, -0.25) is 19.5 Å². The SMILES string of the molecule is CCCC1=CNN(C)c2c1nc(-c1cc(C(=O)CN3CCOCC3)ccc1OCC)[nH]c2=O.[V]. The van der Waals surface area contributed by atoms with Crippen LogP contribution in [0.2, 0.25) is 0 Å². The number of allylic oxidation sites excluding steroid dienone is 1. The van der Waals surface area contributed by atoms with Gasteiger partial charge in [-0.15, -0.1) is 0 Å². The Kier molecular flexibility index (Phi) is 8.96. The molecule has 0 unspecified atom stereocenters. The van der Waals surface area contributed by atoms with E-state index in [4.69, 9.17) is 14.5 Å². The number of H-pyrrole nitrogens is 1. The molecule has 0 aliphatic carbocycles. The van der Waals surface area contributed by atoms with Crippen LogP contribution >= 0.6 is 0 Å². The van der Waals surface area contributed by atoms with Gasteiger partial charge in [0.05, 0.1) is 31.9 Å². The van der Waals surface area contributed by atoms with E-state index in [1.54, 1.807) is 30.3 Å². The van der Waals surface area contributed by atoms with Crippen LogP contribution in [0.3, 0.4) is 0 Å². The van der Waals surface area contributed by atoms with Gasteiger partial charge in [0, 0.05) is 50.5 Å². The molecule has 34 heavy (non-hydrogen) atoms. The number of benzene rings is 1. The van der Waals surface area contributed by atoms with E-state index in [1.807, 2.05) is 13.1 Å². The number of morpholine rings is 1. The van der Waals surface area contributed by atoms with Crippen molar-refractivity contribution in [3.8, 4) is 17.1 Å². The smallest absolute Gasteiger partial charge is 0.277 e. The molecule has 1 aromatic carbocycles. The van der Waals surface area contributed by atoms with Crippen LogP contribution in [0.15, 0.2) is 29.2 Å². The van der Waals surface area contributed by atoms with Gasteiger partial charge in [-0.1, -0.05) is 13.3 Å². The van der Waals surface area contributed by atoms with E-state index in [0.29, 0.717) is 60.4 Å². The third-order valence-electron chi connectivity index (χ3n) is 5.81. The summed E-state index contributed by atoms with van der Waals surface area (Å²) in [5.41, 5.74) is 6.09. The van der Waals surface area contributed by atoms with Crippen molar-refractivity contribution in [1.29, 1.82) is 0 Å². The molecule has 0 atom stereocenters. The van der Waals surface area contributed by atoms with Crippen LogP contribution in [0.1, 0.15) is 42.7 Å². The molecule has 0 amide bonds. The number of aromatic nitrogens is 2. The second-order valence-electron chi connectivity index (χ2n) is 8.18. The summed E-state index contributed by atoms with van der Waals surface area (Å²) in [6.45, 7) is 7.52. The molecular formula is C24H31N5O4V. The maximum absolute atomic E-state index is 13.0. The molecule has 3 heterocycles. The van der Waals surface area contributed by atoms with Crippen molar-refractivity contribution in [2.45, 2.75) is 26.7 Å². The van der Waals surface area contributed by atoms with Crippen LogP contribution in [0.25, 0.3) is 17.0 Å². The number of ether oxygens (including phenoxy) is 2. The molecule has 2 aromatic rings. The molecule has 0 spiro atoms. The Hall–Kier alpha value is -2.59. The summed E-state index contributed by atoms with van der Waals surface area (Å²) in [5.74, 6) is 0.976. The standard InChI is InChI=1S/C24H31N5O4.V/c1-4-6-17-14-25-28(3)22-21(17)26-23(27-24(22)31)18-13-16(7-8-20(18)33-5-2)19(30)15-29-9-11-32-12-10-29;/h7-8,13-14,25H,4-6,9-12,15H2,1-3H3,(H,26,27,31);. The molecule has 2 aliphatic heterocycles. The maximum atomic E-state index is 13.0. The Morgan fingerprint density at radius 1 is 1.24 bits per heavy atom. The van der Waals surface area contributed by atoms with Crippen molar-refractivity contribution in [3.05, 3.63) is 46.0 Å². The van der Waals surface area contributed by atoms with E-state index in [9.17, 15) is 9.59 Å². The van der Waals surface area contributed by atoms with Gasteiger partial charge < -0.3 is 19.9 Å². The molecule has 0 bridgehead atoms. The molecule has 4 rings (SSSR count). The molecule has 1 radical (unpaired) electrons. The average molecular weight is 504 g/mol. The number of carbonyl (C=O) groups excluding carboxylic acids is 1. The van der Waals surface area contributed by atoms with Gasteiger partial charge in [0.1, 0.15) is 23.0 Å². The fraction of sp³-hybridized carbons (Fsp3) is 0.458. The number of ketones is 1. The number of nitrogens with zero attached hydrogens (tertiary/aromatic N) is 3. The minimum Gasteiger partial charge on any atom is -0.493 e. The normalized spacial score (nSPS) is 15.6. The Morgan fingerprint density at radius 3 is 2.71 bits per heavy atom. The molecule has 2 aliphatic rings. The molecule has 2 N–H and O–H groups in total. The van der Waals surface area contributed by atoms with E-state index in [2.05, 4.69) is 22.2 Å². The fourth-order valence-corrected chi connectivity index (χ4v) is 4.12. The van der Waals surface area contributed by atoms with Crippen molar-refractivity contribution in [2.24, 2.45) is 0 Å². The Bertz CT molecular complexity index is 1110. The summed E-state index contributed by atoms with van der Waals surface area (Å²) in [5, 5.41) is 1.66. The topological polar surface area (TPSA) is 99.8 Å². The number of hydrazine groups is 1. The van der Waals surface area contributed by atoms with Gasteiger partial charge in [0.25, 0.3) is 5.56 Å². The van der Waals surface area contributed by atoms with Crippen molar-refractivity contribution in [1.82, 2.24) is 20.3 Å². The van der Waals surface area contributed by atoms with Gasteiger partial charge in [-0.05, 0) is 37.1 Å². The second kappa shape index (κ2) is 11.7. The summed E-state index contributed by atoms with van der Waals surface area (Å²) in [7, 11) is 1.78. The largest absolute Gasteiger partial charge is 0.493 e. The summed E-state index contributed by atoms with van der Waals surface area (Å²) in [4.78, 5) is 35.9. The zero-order chi connectivity index (χ0) is 23.4. The van der Waals surface area contributed by atoms with Gasteiger partial charge in [-0.25, -0.2) is 4.98 Å². The molecule has 9 nitrogen and oxygen atoms in total. The van der Waals surface area contributed by atoms with Crippen molar-refractivity contribution < 1.29 is 32.8 Å². The Morgan fingerprint density at radius 2 is 2.00 bits per heavy atom. The first-order valence-corrected chi connectivity index (χ1v) is 11.5. The predicted molar refractivity (Wildman–Crippen MR) is 127 cm³/mol. The van der Waals surface area contributed by atoms with Gasteiger partial charge in [-0.2, -0.15) is 0 Å². The zero-order valence-electron chi connectivity index (χ0n) is 19.9. The molecule has 1 saturated heterocycles. The van der Waals surface area contributed by atoms with Gasteiger partial charge in [0.2, 0.25) is 0 Å². The average Bonchev–Trinajstić information content (AvgIpc) is 2.81. The maximum Gasteiger partial charge on any atom is 0.277 e. The molecular weight excluding hydrogens is 473 g/mol. The second-order valence-corrected chi connectivity index (χ2v) is 8.18. The number of hydrogen-bond donors (Lipinski definition) is 2. The molecule has 181 valence electrons. The number of hydrogen-bond acceptors (Lipinski definition) is 8. The fourth-order valence-electron chi connectivity index (χ4n) is 4.12. The van der Waals surface area contributed by atoms with E-state index < -0.39 is 0 Å². The number of Topliss-reactive ketones (excluding diaryl/α,β-unsaturated/α-hetero) is 1. The Labute approximate surface area is 211 Å². The summed E-state index contributed by atoms with van der Waals surface area (Å²) >= 11 is 0. The van der Waals surface area contributed by atoms with Crippen LogP contribution in [0.4, 0.5) is 5.69 Å². The van der Waals surface area contributed by atoms with Gasteiger partial charge >= 0.3 is 0 Å². The third kappa shape index (κ3) is 5.55. The first-order chi connectivity index (χ1) is 16.0. The van der Waals surface area contributed by atoms with Crippen LogP contribution in [-0.4, -0.2) is 67.2 Å². The minimum atomic E-state index is -0.251. The monoisotopic (exact) mass is 504 g/mol. The van der Waals surface area contributed by atoms with Crippen LogP contribution in [0, 0.1) is 0 Å². The minimum absolute atomic E-state index is 0. The van der Waals surface area contributed by atoms with E-state index >= 15 is 0 Å². The predicted octanol–water partition coefficient (Wildman–Crippen LogP) is 2.44. The third-order valence-corrected chi connectivity index (χ3v) is 5.81. The summed E-state index contributed by atoms with van der Waals surface area (Å²) in [6, 6.07) is 5.32. The first kappa shape index (κ1) is 26.0. The number of rotatable bonds is 8. The summed E-state index contributed by atoms with van der Waals surface area (Å²) < 4.78 is 11.2. The van der Waals surface area contributed by atoms with Crippen molar-refractivity contribution in [2.75, 3.05) is 51.5 Å². The first-order valence-electron chi connectivity index (χ1n) is 11.5. The summed E-state index contributed by atoms with van der Waals surface area (Å²) in [6.07, 6.45) is 3.60. The molecule has 10 heteroatoms. The number of nitrogens with one attached hydrogen (secondary N) is 2. The van der Waals surface area contributed by atoms with E-state index in [-0.39, 0.29) is 29.9 Å². The quantitative estimate of drug-likeness (QED) is 0.529. The van der Waals surface area contributed by atoms with Crippen LogP contribution in [-0.2, 0) is 23.3 Å². The van der Waals surface area contributed by atoms with Crippen molar-refractivity contribution in [3.63, 3.8) is 0 Å². The van der Waals surface area contributed by atoms with Crippen molar-refractivity contribution >= 4 is 17.0 Å². The van der Waals surface area contributed by atoms with E-state index in [0.717, 1.165) is 31.5 Å². The van der Waals surface area contributed by atoms with Crippen LogP contribution in [0.5, 0.6) is 5.75 Å². The molecule has 1 aromatic heterocycles. The zero-order valence-corrected chi connectivity index (χ0v) is 21.3. The van der Waals surface area contributed by atoms with Crippen LogP contribution < -0.4 is 20.7 Å². The number of aromatic amines is 1. The number of fused-ring (bicyclic) bond motifs is 1. The number of anilines is 1. The van der Waals surface area contributed by atoms with E-state index in [1.165, 1.54) is 0 Å². The molecule has 1 fully saturated rings. The molecule has 0 saturated carbocycles.